The smallest absolute Gasteiger partial charge is 0.242 e. The monoisotopic (exact) mass is 350 g/mol. The van der Waals surface area contributed by atoms with Crippen molar-refractivity contribution >= 4 is 21.6 Å². The molecule has 0 saturated heterocycles. The van der Waals surface area contributed by atoms with Crippen LogP contribution < -0.4 is 4.74 Å². The molecule has 0 radical (unpaired) electrons. The summed E-state index contributed by atoms with van der Waals surface area (Å²) < 4.78 is 31.0. The van der Waals surface area contributed by atoms with Crippen LogP contribution in [0.4, 0.5) is 0 Å². The summed E-state index contributed by atoms with van der Waals surface area (Å²) in [5.41, 5.74) is 1.15. The van der Waals surface area contributed by atoms with Crippen LogP contribution in [0.3, 0.4) is 0 Å². The van der Waals surface area contributed by atoms with Gasteiger partial charge in [-0.05, 0) is 35.9 Å². The summed E-state index contributed by atoms with van der Waals surface area (Å²) in [6.07, 6.45) is 0. The van der Waals surface area contributed by atoms with E-state index in [1.165, 1.54) is 26.2 Å². The van der Waals surface area contributed by atoms with E-state index >= 15 is 0 Å². The average Bonchev–Trinajstić information content (AvgIpc) is 2.53. The molecular weight excluding hydrogens is 336 g/mol. The lowest BCUT2D eigenvalue weighted by atomic mass is 10.2. The average molecular weight is 351 g/mol. The Morgan fingerprint density at radius 3 is 2.57 bits per heavy atom. The number of benzene rings is 2. The molecule has 0 fully saturated rings. The van der Waals surface area contributed by atoms with Crippen molar-refractivity contribution in [1.82, 2.24) is 4.31 Å². The molecule has 0 N–H and O–H groups in total. The molecule has 2 aromatic carbocycles. The molecule has 23 heavy (non-hydrogen) atoms. The van der Waals surface area contributed by atoms with E-state index in [2.05, 4.69) is 0 Å². The van der Waals surface area contributed by atoms with Gasteiger partial charge in [0.05, 0.1) is 21.6 Å². The number of halogens is 1. The second kappa shape index (κ2) is 7.01. The molecule has 0 unspecified atom stereocenters. The van der Waals surface area contributed by atoms with Gasteiger partial charge in [0.15, 0.2) is 0 Å². The van der Waals surface area contributed by atoms with Crippen LogP contribution in [0.1, 0.15) is 11.1 Å². The van der Waals surface area contributed by atoms with Gasteiger partial charge in [-0.25, -0.2) is 12.7 Å². The van der Waals surface area contributed by atoms with E-state index in [9.17, 15) is 8.42 Å². The molecule has 0 amide bonds. The lowest BCUT2D eigenvalue weighted by Crippen LogP contribution is -2.22. The molecule has 5 nitrogen and oxygen atoms in total. The molecular formula is C16H15ClN2O3S. The Morgan fingerprint density at radius 1 is 1.22 bits per heavy atom. The van der Waals surface area contributed by atoms with E-state index in [0.29, 0.717) is 21.9 Å². The normalized spacial score (nSPS) is 11.3. The van der Waals surface area contributed by atoms with Crippen LogP contribution in [0.15, 0.2) is 47.4 Å². The largest absolute Gasteiger partial charge is 0.487 e. The summed E-state index contributed by atoms with van der Waals surface area (Å²) in [7, 11) is -0.521. The second-order valence-electron chi connectivity index (χ2n) is 4.98. The second-order valence-corrected chi connectivity index (χ2v) is 7.54. The van der Waals surface area contributed by atoms with Crippen LogP contribution in [0.5, 0.6) is 5.75 Å². The third-order valence-corrected chi connectivity index (χ3v) is 5.24. The summed E-state index contributed by atoms with van der Waals surface area (Å²) in [5, 5.41) is 9.14. The summed E-state index contributed by atoms with van der Waals surface area (Å²) in [4.78, 5) is 0.203. The van der Waals surface area contributed by atoms with Crippen molar-refractivity contribution in [3.05, 3.63) is 58.6 Å². The van der Waals surface area contributed by atoms with Crippen molar-refractivity contribution in [2.45, 2.75) is 11.5 Å². The van der Waals surface area contributed by atoms with Crippen molar-refractivity contribution in [1.29, 1.82) is 5.26 Å². The van der Waals surface area contributed by atoms with E-state index in [-0.39, 0.29) is 11.5 Å². The van der Waals surface area contributed by atoms with E-state index in [0.717, 1.165) is 4.31 Å². The summed E-state index contributed by atoms with van der Waals surface area (Å²) >= 11 is 6.04. The fourth-order valence-corrected chi connectivity index (χ4v) is 3.06. The van der Waals surface area contributed by atoms with Gasteiger partial charge in [-0.2, -0.15) is 5.26 Å². The fraction of sp³-hybridized carbons (Fsp3) is 0.188. The number of ether oxygens (including phenoxy) is 1. The Labute approximate surface area is 140 Å². The van der Waals surface area contributed by atoms with Crippen molar-refractivity contribution < 1.29 is 13.2 Å². The maximum absolute atomic E-state index is 12.1. The van der Waals surface area contributed by atoms with Gasteiger partial charge in [0.1, 0.15) is 12.4 Å². The van der Waals surface area contributed by atoms with Crippen LogP contribution >= 0.6 is 11.6 Å². The molecule has 0 aliphatic carbocycles. The molecule has 0 aliphatic heterocycles. The highest BCUT2D eigenvalue weighted by Gasteiger charge is 2.17. The lowest BCUT2D eigenvalue weighted by Gasteiger charge is -2.13. The van der Waals surface area contributed by atoms with Crippen LogP contribution in [-0.4, -0.2) is 26.8 Å². The van der Waals surface area contributed by atoms with Gasteiger partial charge in [-0.3, -0.25) is 0 Å². The fourth-order valence-electron chi connectivity index (χ4n) is 1.86. The highest BCUT2D eigenvalue weighted by atomic mass is 35.5. The first kappa shape index (κ1) is 17.3. The zero-order valence-corrected chi connectivity index (χ0v) is 14.2. The van der Waals surface area contributed by atoms with Gasteiger partial charge < -0.3 is 4.74 Å². The van der Waals surface area contributed by atoms with Crippen LogP contribution in [0.2, 0.25) is 5.02 Å². The Morgan fingerprint density at radius 2 is 1.96 bits per heavy atom. The Kier molecular flexibility index (Phi) is 5.26. The SMILES string of the molecule is CN(C)S(=O)(=O)c1cccc(COc2ccc(C#N)cc2Cl)c1. The molecule has 2 aromatic rings. The number of rotatable bonds is 5. The van der Waals surface area contributed by atoms with Gasteiger partial charge in [-0.15, -0.1) is 0 Å². The molecule has 0 aliphatic rings. The van der Waals surface area contributed by atoms with E-state index in [4.69, 9.17) is 21.6 Å². The van der Waals surface area contributed by atoms with Gasteiger partial charge in [0.25, 0.3) is 0 Å². The number of nitriles is 1. The summed E-state index contributed by atoms with van der Waals surface area (Å²) in [6.45, 7) is 0.169. The van der Waals surface area contributed by atoms with Crippen LogP contribution in [-0.2, 0) is 16.6 Å². The quantitative estimate of drug-likeness (QED) is 0.831. The first-order chi connectivity index (χ1) is 10.8. The lowest BCUT2D eigenvalue weighted by molar-refractivity contribution is 0.306. The number of sulfonamides is 1. The van der Waals surface area contributed by atoms with E-state index < -0.39 is 10.0 Å². The van der Waals surface area contributed by atoms with Crippen molar-refractivity contribution in [2.24, 2.45) is 0 Å². The predicted molar refractivity (Wildman–Crippen MR) is 87.8 cm³/mol. The minimum Gasteiger partial charge on any atom is -0.487 e. The zero-order chi connectivity index (χ0) is 17.0. The van der Waals surface area contributed by atoms with E-state index in [1.807, 2.05) is 6.07 Å². The Hall–Kier alpha value is -2.07. The first-order valence-corrected chi connectivity index (χ1v) is 8.50. The first-order valence-electron chi connectivity index (χ1n) is 6.68. The minimum atomic E-state index is -3.48. The van der Waals surface area contributed by atoms with Gasteiger partial charge in [0.2, 0.25) is 10.0 Å². The van der Waals surface area contributed by atoms with Crippen LogP contribution in [0, 0.1) is 11.3 Å². The third-order valence-electron chi connectivity index (χ3n) is 3.13. The minimum absolute atomic E-state index is 0.169. The molecule has 0 bridgehead atoms. The Bertz CT molecular complexity index is 858. The van der Waals surface area contributed by atoms with Crippen molar-refractivity contribution in [3.8, 4) is 11.8 Å². The molecule has 2 rings (SSSR count). The topological polar surface area (TPSA) is 70.4 Å². The van der Waals surface area contributed by atoms with Gasteiger partial charge in [0, 0.05) is 14.1 Å². The van der Waals surface area contributed by atoms with Crippen molar-refractivity contribution in [2.75, 3.05) is 14.1 Å². The number of hydrogen-bond donors (Lipinski definition) is 0. The number of nitrogens with zero attached hydrogens (tertiary/aromatic N) is 2. The van der Waals surface area contributed by atoms with Gasteiger partial charge in [-0.1, -0.05) is 23.7 Å². The van der Waals surface area contributed by atoms with E-state index in [1.54, 1.807) is 30.3 Å². The third kappa shape index (κ3) is 4.02. The maximum atomic E-state index is 12.1. The van der Waals surface area contributed by atoms with Gasteiger partial charge >= 0.3 is 0 Å². The highest BCUT2D eigenvalue weighted by molar-refractivity contribution is 7.89. The number of hydrogen-bond acceptors (Lipinski definition) is 4. The summed E-state index contributed by atoms with van der Waals surface area (Å²) in [5.74, 6) is 0.437. The molecule has 0 atom stereocenters. The molecule has 0 saturated carbocycles. The standard InChI is InChI=1S/C16H15ClN2O3S/c1-19(2)23(20,21)14-5-3-4-13(8-14)11-22-16-7-6-12(10-18)9-15(16)17/h3-9H,11H2,1-2H3. The molecule has 7 heteroatoms. The Balaban J connectivity index is 2.18. The van der Waals surface area contributed by atoms with Crippen LogP contribution in [0.25, 0.3) is 0 Å². The van der Waals surface area contributed by atoms with Crippen molar-refractivity contribution in [3.63, 3.8) is 0 Å². The highest BCUT2D eigenvalue weighted by Crippen LogP contribution is 2.26. The molecule has 0 heterocycles. The molecule has 0 spiro atoms. The summed E-state index contributed by atoms with van der Waals surface area (Å²) in [6, 6.07) is 13.3. The molecule has 0 aromatic heterocycles. The zero-order valence-electron chi connectivity index (χ0n) is 12.7. The maximum Gasteiger partial charge on any atom is 0.242 e. The molecule has 120 valence electrons. The predicted octanol–water partition coefficient (Wildman–Crippen LogP) is 3.04.